The number of rotatable bonds is 3. The lowest BCUT2D eigenvalue weighted by Gasteiger charge is -2.27. The number of benzene rings is 1. The van der Waals surface area contributed by atoms with Crippen molar-refractivity contribution in [1.82, 2.24) is 0 Å². The van der Waals surface area contributed by atoms with E-state index in [1.54, 1.807) is 18.2 Å². The Hall–Kier alpha value is -1.30. The highest BCUT2D eigenvalue weighted by Gasteiger charge is 2.27. The van der Waals surface area contributed by atoms with Crippen molar-refractivity contribution >= 4 is 0 Å². The molecule has 88 valence electrons. The lowest BCUT2D eigenvalue weighted by atomic mass is 9.93. The lowest BCUT2D eigenvalue weighted by Crippen LogP contribution is -2.42. The summed E-state index contributed by atoms with van der Waals surface area (Å²) in [6, 6.07) is 5.25. The number of aliphatic hydroxyl groups is 1. The Morgan fingerprint density at radius 3 is 2.38 bits per heavy atom. The molecular formula is C11H16N2O3. The minimum atomic E-state index is -1.20. The third-order valence-corrected chi connectivity index (χ3v) is 2.75. The van der Waals surface area contributed by atoms with Crippen molar-refractivity contribution in [2.24, 2.45) is 11.5 Å². The first-order valence-electron chi connectivity index (χ1n) is 5.22. The molecule has 0 amide bonds. The molecule has 0 aliphatic carbocycles. The fourth-order valence-electron chi connectivity index (χ4n) is 1.65. The van der Waals surface area contributed by atoms with Crippen molar-refractivity contribution in [2.45, 2.75) is 5.60 Å². The van der Waals surface area contributed by atoms with E-state index in [1.807, 2.05) is 0 Å². The molecule has 0 bridgehead atoms. The summed E-state index contributed by atoms with van der Waals surface area (Å²) < 4.78 is 10.8. The molecule has 1 aliphatic heterocycles. The van der Waals surface area contributed by atoms with Crippen LogP contribution in [0.15, 0.2) is 18.2 Å². The molecule has 16 heavy (non-hydrogen) atoms. The maximum Gasteiger partial charge on any atom is 0.161 e. The van der Waals surface area contributed by atoms with Gasteiger partial charge in [-0.1, -0.05) is 6.07 Å². The average molecular weight is 224 g/mol. The normalized spacial score (nSPS) is 14.9. The van der Waals surface area contributed by atoms with Gasteiger partial charge in [0.1, 0.15) is 18.8 Å². The smallest absolute Gasteiger partial charge is 0.161 e. The zero-order valence-electron chi connectivity index (χ0n) is 8.98. The largest absolute Gasteiger partial charge is 0.486 e. The Kier molecular flexibility index (Phi) is 3.00. The van der Waals surface area contributed by atoms with E-state index in [0.717, 1.165) is 0 Å². The van der Waals surface area contributed by atoms with Crippen molar-refractivity contribution in [3.63, 3.8) is 0 Å². The Bertz CT molecular complexity index is 377. The number of hydrogen-bond donors (Lipinski definition) is 3. The van der Waals surface area contributed by atoms with Crippen LogP contribution in [0.25, 0.3) is 0 Å². The Balaban J connectivity index is 2.36. The summed E-state index contributed by atoms with van der Waals surface area (Å²) in [4.78, 5) is 0. The van der Waals surface area contributed by atoms with Gasteiger partial charge in [-0.3, -0.25) is 0 Å². The molecule has 0 radical (unpaired) electrons. The molecule has 5 nitrogen and oxygen atoms in total. The minimum Gasteiger partial charge on any atom is -0.486 e. The van der Waals surface area contributed by atoms with Gasteiger partial charge < -0.3 is 26.0 Å². The minimum absolute atomic E-state index is 0.0726. The van der Waals surface area contributed by atoms with Crippen LogP contribution in [0.2, 0.25) is 0 Å². The van der Waals surface area contributed by atoms with Gasteiger partial charge in [-0.15, -0.1) is 0 Å². The quantitative estimate of drug-likeness (QED) is 0.647. The van der Waals surface area contributed by atoms with Crippen LogP contribution in [0, 0.1) is 0 Å². The molecule has 2 rings (SSSR count). The van der Waals surface area contributed by atoms with Gasteiger partial charge in [0, 0.05) is 13.1 Å². The topological polar surface area (TPSA) is 90.7 Å². The van der Waals surface area contributed by atoms with Crippen molar-refractivity contribution in [3.05, 3.63) is 23.8 Å². The third-order valence-electron chi connectivity index (χ3n) is 2.75. The molecular weight excluding hydrogens is 208 g/mol. The first-order valence-corrected chi connectivity index (χ1v) is 5.22. The van der Waals surface area contributed by atoms with Gasteiger partial charge in [-0.25, -0.2) is 0 Å². The van der Waals surface area contributed by atoms with Crippen LogP contribution >= 0.6 is 0 Å². The Labute approximate surface area is 94.0 Å². The predicted molar refractivity (Wildman–Crippen MR) is 59.4 cm³/mol. The predicted octanol–water partition coefficient (Wildman–Crippen LogP) is -0.437. The fourth-order valence-corrected chi connectivity index (χ4v) is 1.65. The number of hydrogen-bond acceptors (Lipinski definition) is 5. The fraction of sp³-hybridized carbons (Fsp3) is 0.455. The highest BCUT2D eigenvalue weighted by Crippen LogP contribution is 2.33. The summed E-state index contributed by atoms with van der Waals surface area (Å²) in [6.07, 6.45) is 0. The van der Waals surface area contributed by atoms with Gasteiger partial charge in [0.25, 0.3) is 0 Å². The highest BCUT2D eigenvalue weighted by atomic mass is 16.6. The molecule has 0 atom stereocenters. The molecule has 0 saturated heterocycles. The number of nitrogens with two attached hydrogens (primary N) is 2. The van der Waals surface area contributed by atoms with Crippen LogP contribution in [0.3, 0.4) is 0 Å². The molecule has 1 aromatic rings. The molecule has 0 aromatic heterocycles. The summed E-state index contributed by atoms with van der Waals surface area (Å²) in [5.74, 6) is 1.32. The average Bonchev–Trinajstić information content (AvgIpc) is 2.37. The van der Waals surface area contributed by atoms with E-state index in [1.165, 1.54) is 0 Å². The molecule has 0 fully saturated rings. The van der Waals surface area contributed by atoms with E-state index >= 15 is 0 Å². The van der Waals surface area contributed by atoms with E-state index < -0.39 is 5.60 Å². The number of fused-ring (bicyclic) bond motifs is 1. The zero-order chi connectivity index (χ0) is 11.6. The Morgan fingerprint density at radius 1 is 1.12 bits per heavy atom. The van der Waals surface area contributed by atoms with Gasteiger partial charge in [-0.05, 0) is 17.7 Å². The van der Waals surface area contributed by atoms with Crippen LogP contribution in [-0.4, -0.2) is 31.4 Å². The highest BCUT2D eigenvalue weighted by molar-refractivity contribution is 5.45. The molecule has 1 aromatic carbocycles. The second kappa shape index (κ2) is 4.29. The van der Waals surface area contributed by atoms with Gasteiger partial charge in [0.15, 0.2) is 11.5 Å². The third kappa shape index (κ3) is 1.84. The molecule has 5 N–H and O–H groups in total. The number of ether oxygens (including phenoxy) is 2. The Morgan fingerprint density at radius 2 is 1.75 bits per heavy atom. The summed E-state index contributed by atoms with van der Waals surface area (Å²) in [6.45, 7) is 1.21. The zero-order valence-corrected chi connectivity index (χ0v) is 8.98. The van der Waals surface area contributed by atoms with Crippen molar-refractivity contribution < 1.29 is 14.6 Å². The monoisotopic (exact) mass is 224 g/mol. The van der Waals surface area contributed by atoms with Crippen LogP contribution < -0.4 is 20.9 Å². The maximum absolute atomic E-state index is 10.2. The van der Waals surface area contributed by atoms with E-state index in [9.17, 15) is 5.11 Å². The van der Waals surface area contributed by atoms with E-state index in [-0.39, 0.29) is 13.1 Å². The first kappa shape index (κ1) is 11.2. The van der Waals surface area contributed by atoms with Crippen LogP contribution in [0.4, 0.5) is 0 Å². The first-order chi connectivity index (χ1) is 7.69. The molecule has 0 spiro atoms. The SMILES string of the molecule is NCC(O)(CN)c1ccc2c(c1)OCCO2. The van der Waals surface area contributed by atoms with Gasteiger partial charge >= 0.3 is 0 Å². The van der Waals surface area contributed by atoms with Crippen molar-refractivity contribution in [1.29, 1.82) is 0 Å². The standard InChI is InChI=1S/C11H16N2O3/c12-6-11(14,7-13)8-1-2-9-10(5-8)16-4-3-15-9/h1-2,5,14H,3-4,6-7,12-13H2. The molecule has 1 aliphatic rings. The molecule has 0 unspecified atom stereocenters. The summed E-state index contributed by atoms with van der Waals surface area (Å²) in [7, 11) is 0. The van der Waals surface area contributed by atoms with Gasteiger partial charge in [-0.2, -0.15) is 0 Å². The molecule has 1 heterocycles. The second-order valence-electron chi connectivity index (χ2n) is 3.80. The summed E-state index contributed by atoms with van der Waals surface area (Å²) in [5.41, 5.74) is 10.5. The van der Waals surface area contributed by atoms with Crippen LogP contribution in [-0.2, 0) is 5.60 Å². The summed E-state index contributed by atoms with van der Waals surface area (Å²) in [5, 5.41) is 10.2. The maximum atomic E-state index is 10.2. The second-order valence-corrected chi connectivity index (χ2v) is 3.80. The van der Waals surface area contributed by atoms with Gasteiger partial charge in [0.2, 0.25) is 0 Å². The molecule has 5 heteroatoms. The van der Waals surface area contributed by atoms with E-state index in [4.69, 9.17) is 20.9 Å². The van der Waals surface area contributed by atoms with Crippen molar-refractivity contribution in [2.75, 3.05) is 26.3 Å². The van der Waals surface area contributed by atoms with Crippen molar-refractivity contribution in [3.8, 4) is 11.5 Å². The van der Waals surface area contributed by atoms with E-state index in [2.05, 4.69) is 0 Å². The van der Waals surface area contributed by atoms with E-state index in [0.29, 0.717) is 30.3 Å². The van der Waals surface area contributed by atoms with Crippen LogP contribution in [0.1, 0.15) is 5.56 Å². The lowest BCUT2D eigenvalue weighted by molar-refractivity contribution is 0.0547. The van der Waals surface area contributed by atoms with Crippen LogP contribution in [0.5, 0.6) is 11.5 Å². The molecule has 0 saturated carbocycles. The summed E-state index contributed by atoms with van der Waals surface area (Å²) >= 11 is 0. The van der Waals surface area contributed by atoms with Gasteiger partial charge in [0.05, 0.1) is 0 Å².